The van der Waals surface area contributed by atoms with Crippen molar-refractivity contribution in [2.45, 2.75) is 54.9 Å². The van der Waals surface area contributed by atoms with Gasteiger partial charge in [0.2, 0.25) is 0 Å². The first-order valence-corrected chi connectivity index (χ1v) is 16.9. The molecule has 9 unspecified atom stereocenters. The fourth-order valence-electron chi connectivity index (χ4n) is 3.51. The lowest BCUT2D eigenvalue weighted by Crippen LogP contribution is -2.34. The van der Waals surface area contributed by atoms with Crippen LogP contribution in [0.3, 0.4) is 0 Å². The molecular formula is C30H57N3O21. The fraction of sp³-hybridized carbons (Fsp3) is 0.900. The van der Waals surface area contributed by atoms with Gasteiger partial charge in [-0.15, -0.1) is 15.0 Å². The van der Waals surface area contributed by atoms with Crippen LogP contribution >= 0.6 is 0 Å². The van der Waals surface area contributed by atoms with Crippen molar-refractivity contribution in [3.63, 3.8) is 0 Å². The van der Waals surface area contributed by atoms with E-state index in [9.17, 15) is 30.6 Å². The molecule has 1 aromatic heterocycles. The van der Waals surface area contributed by atoms with Crippen molar-refractivity contribution in [3.8, 4) is 18.0 Å². The first-order valence-electron chi connectivity index (χ1n) is 16.9. The van der Waals surface area contributed by atoms with E-state index in [1.807, 2.05) is 0 Å². The molecule has 24 heteroatoms. The zero-order valence-electron chi connectivity index (χ0n) is 29.8. The molecule has 1 heterocycles. The summed E-state index contributed by atoms with van der Waals surface area (Å²) < 4.78 is 49.7. The number of aliphatic hydroxyl groups is 12. The van der Waals surface area contributed by atoms with Crippen molar-refractivity contribution in [2.24, 2.45) is 0 Å². The SMILES string of the molecule is OCC(O)COCC(COc1nc(OCC(COCC(O)CO)OCC(O)CO)nc(OCC(COCC(O)CO)OCC(O)CO)n1)OCC(O)CO. The second-order valence-electron chi connectivity index (χ2n) is 11.6. The third-order valence-electron chi connectivity index (χ3n) is 6.45. The van der Waals surface area contributed by atoms with Crippen molar-refractivity contribution in [3.05, 3.63) is 0 Å². The molecule has 24 nitrogen and oxygen atoms in total. The summed E-state index contributed by atoms with van der Waals surface area (Å²) in [6, 6.07) is -1.19. The molecule has 318 valence electrons. The average Bonchev–Trinajstić information content (AvgIpc) is 3.19. The highest BCUT2D eigenvalue weighted by Gasteiger charge is 2.21. The Kier molecular flexibility index (Phi) is 28.4. The predicted molar refractivity (Wildman–Crippen MR) is 177 cm³/mol. The number of aromatic nitrogens is 3. The molecular weight excluding hydrogens is 738 g/mol. The van der Waals surface area contributed by atoms with E-state index in [0.717, 1.165) is 0 Å². The molecule has 9 atom stereocenters. The number of nitrogens with zero attached hydrogens (tertiary/aromatic N) is 3. The van der Waals surface area contributed by atoms with Crippen LogP contribution in [0.5, 0.6) is 18.0 Å². The number of hydrogen-bond acceptors (Lipinski definition) is 24. The largest absolute Gasteiger partial charge is 0.460 e. The van der Waals surface area contributed by atoms with Crippen molar-refractivity contribution in [1.29, 1.82) is 0 Å². The number of rotatable bonds is 36. The molecule has 0 spiro atoms. The van der Waals surface area contributed by atoms with Crippen LogP contribution in [0, 0.1) is 0 Å². The van der Waals surface area contributed by atoms with Crippen LogP contribution in [0.2, 0.25) is 0 Å². The quantitative estimate of drug-likeness (QED) is 0.0300. The molecule has 0 aliphatic heterocycles. The van der Waals surface area contributed by atoms with Crippen LogP contribution in [0.15, 0.2) is 0 Å². The van der Waals surface area contributed by atoms with Gasteiger partial charge in [-0.1, -0.05) is 0 Å². The van der Waals surface area contributed by atoms with Gasteiger partial charge in [-0.3, -0.25) is 0 Å². The van der Waals surface area contributed by atoms with Crippen molar-refractivity contribution < 1.29 is 104 Å². The third kappa shape index (κ3) is 24.3. The molecule has 0 bridgehead atoms. The van der Waals surface area contributed by atoms with Gasteiger partial charge < -0.3 is 104 Å². The van der Waals surface area contributed by atoms with Gasteiger partial charge in [-0.05, 0) is 0 Å². The Morgan fingerprint density at radius 1 is 0.315 bits per heavy atom. The standard InChI is InChI=1S/C30H57N3O21/c34-1-19(40)7-46-13-25(49-10-22(43)4-37)16-52-28-31-29(53-17-26(50-11-23(44)5-38)14-47-8-20(41)2-35)33-30(32-28)54-18-27(51-12-24(45)6-39)15-48-9-21(42)3-36/h19-27,34-45H,1-18H2. The lowest BCUT2D eigenvalue weighted by molar-refractivity contribution is -0.0877. The molecule has 0 radical (unpaired) electrons. The normalized spacial score (nSPS) is 16.9. The fourth-order valence-corrected chi connectivity index (χ4v) is 3.51. The summed E-state index contributed by atoms with van der Waals surface area (Å²) in [5.74, 6) is 0. The molecule has 0 fully saturated rings. The van der Waals surface area contributed by atoms with Gasteiger partial charge in [-0.2, -0.15) is 0 Å². The summed E-state index contributed by atoms with van der Waals surface area (Å²) in [6.07, 6.45) is -10.0. The van der Waals surface area contributed by atoms with Crippen LogP contribution in [0.4, 0.5) is 0 Å². The second kappa shape index (κ2) is 30.9. The summed E-state index contributed by atoms with van der Waals surface area (Å²) in [5.41, 5.74) is 0. The molecule has 0 saturated carbocycles. The Hall–Kier alpha value is -2.31. The van der Waals surface area contributed by atoms with Gasteiger partial charge in [0.05, 0.1) is 99.1 Å². The number of hydrogen-bond donors (Lipinski definition) is 12. The predicted octanol–water partition coefficient (Wildman–Crippen LogP) is -7.67. The van der Waals surface area contributed by atoms with E-state index < -0.39 is 113 Å². The molecule has 0 aliphatic carbocycles. The molecule has 0 amide bonds. The third-order valence-corrected chi connectivity index (χ3v) is 6.45. The van der Waals surface area contributed by atoms with Crippen LogP contribution in [-0.4, -0.2) is 250 Å². The minimum atomic E-state index is -1.23. The van der Waals surface area contributed by atoms with Crippen LogP contribution < -0.4 is 14.2 Å². The summed E-state index contributed by atoms with van der Waals surface area (Å²) in [7, 11) is 0. The van der Waals surface area contributed by atoms with Crippen LogP contribution in [-0.2, 0) is 28.4 Å². The molecule has 0 aromatic carbocycles. The lowest BCUT2D eigenvalue weighted by atomic mass is 10.3. The molecule has 1 rings (SSSR count). The van der Waals surface area contributed by atoms with E-state index in [1.54, 1.807) is 0 Å². The number of aliphatic hydroxyl groups excluding tert-OH is 12. The highest BCUT2D eigenvalue weighted by Crippen LogP contribution is 2.17. The maximum atomic E-state index is 9.74. The Morgan fingerprint density at radius 3 is 0.759 bits per heavy atom. The molecule has 0 saturated heterocycles. The molecule has 1 aromatic rings. The Balaban J connectivity index is 3.25. The zero-order chi connectivity index (χ0) is 40.1. The first-order chi connectivity index (χ1) is 26.0. The smallest absolute Gasteiger partial charge is 0.325 e. The zero-order valence-corrected chi connectivity index (χ0v) is 29.8. The van der Waals surface area contributed by atoms with Gasteiger partial charge in [-0.25, -0.2) is 0 Å². The van der Waals surface area contributed by atoms with Gasteiger partial charge in [0, 0.05) is 0 Å². The molecule has 0 aliphatic rings. The summed E-state index contributed by atoms with van der Waals surface area (Å²) >= 11 is 0. The van der Waals surface area contributed by atoms with E-state index in [2.05, 4.69) is 15.0 Å². The monoisotopic (exact) mass is 795 g/mol. The van der Waals surface area contributed by atoms with Crippen LogP contribution in [0.1, 0.15) is 0 Å². The minimum Gasteiger partial charge on any atom is -0.460 e. The van der Waals surface area contributed by atoms with Gasteiger partial charge in [0.15, 0.2) is 0 Å². The van der Waals surface area contributed by atoms with E-state index >= 15 is 0 Å². The van der Waals surface area contributed by atoms with Crippen molar-refractivity contribution >= 4 is 0 Å². The Bertz CT molecular complexity index is 905. The van der Waals surface area contributed by atoms with E-state index in [0.29, 0.717) is 0 Å². The van der Waals surface area contributed by atoms with E-state index in [-0.39, 0.29) is 79.3 Å². The van der Waals surface area contributed by atoms with Crippen molar-refractivity contribution in [1.82, 2.24) is 15.0 Å². The van der Waals surface area contributed by atoms with Crippen molar-refractivity contribution in [2.75, 3.05) is 119 Å². The van der Waals surface area contributed by atoms with Gasteiger partial charge >= 0.3 is 18.0 Å². The Labute approximate surface area is 310 Å². The summed E-state index contributed by atoms with van der Waals surface area (Å²) in [5, 5.41) is 113. The van der Waals surface area contributed by atoms with E-state index in [1.165, 1.54) is 0 Å². The summed E-state index contributed by atoms with van der Waals surface area (Å²) in [4.78, 5) is 12.3. The molecule has 12 N–H and O–H groups in total. The minimum absolute atomic E-state index is 0.208. The maximum absolute atomic E-state index is 9.74. The average molecular weight is 796 g/mol. The number of ether oxygens (including phenoxy) is 9. The summed E-state index contributed by atoms with van der Waals surface area (Å²) in [6.45, 7) is -6.88. The highest BCUT2D eigenvalue weighted by atomic mass is 16.6. The lowest BCUT2D eigenvalue weighted by Gasteiger charge is -2.22. The van der Waals surface area contributed by atoms with E-state index in [4.69, 9.17) is 73.3 Å². The highest BCUT2D eigenvalue weighted by molar-refractivity contribution is 5.09. The molecule has 54 heavy (non-hydrogen) atoms. The first kappa shape index (κ1) is 49.7. The van der Waals surface area contributed by atoms with Crippen LogP contribution in [0.25, 0.3) is 0 Å². The maximum Gasteiger partial charge on any atom is 0.325 e. The Morgan fingerprint density at radius 2 is 0.537 bits per heavy atom. The topological polar surface area (TPSA) is 365 Å². The van der Waals surface area contributed by atoms with Gasteiger partial charge in [0.1, 0.15) is 74.8 Å². The second-order valence-corrected chi connectivity index (χ2v) is 11.6. The van der Waals surface area contributed by atoms with Gasteiger partial charge in [0.25, 0.3) is 0 Å².